The molecular formula is C36H32N6O5. The highest BCUT2D eigenvalue weighted by molar-refractivity contribution is 5.85. The summed E-state index contributed by atoms with van der Waals surface area (Å²) in [5.41, 5.74) is 5.93. The number of fused-ring (bicyclic) bond motifs is 2. The van der Waals surface area contributed by atoms with E-state index in [9.17, 15) is 20.3 Å². The van der Waals surface area contributed by atoms with E-state index in [1.54, 1.807) is 6.20 Å². The van der Waals surface area contributed by atoms with Crippen LogP contribution in [0, 0.1) is 25.2 Å². The van der Waals surface area contributed by atoms with Crippen molar-refractivity contribution in [2.75, 3.05) is 19.7 Å². The Labute approximate surface area is 270 Å². The van der Waals surface area contributed by atoms with Crippen molar-refractivity contribution in [2.45, 2.75) is 39.5 Å². The topological polar surface area (TPSA) is 151 Å². The number of likely N-dealkylation sites (tertiary alicyclic amines) is 1. The first-order valence-corrected chi connectivity index (χ1v) is 15.4. The lowest BCUT2D eigenvalue weighted by Gasteiger charge is -2.16. The second kappa shape index (κ2) is 12.4. The molecule has 2 aromatic carbocycles. The molecule has 0 amide bonds. The minimum absolute atomic E-state index is 0.0436. The Morgan fingerprint density at radius 3 is 2.62 bits per heavy atom. The molecule has 0 radical (unpaired) electrons. The second-order valence-corrected chi connectivity index (χ2v) is 11.8. The van der Waals surface area contributed by atoms with E-state index in [1.807, 2.05) is 62.5 Å². The number of benzene rings is 2. The van der Waals surface area contributed by atoms with Crippen molar-refractivity contribution in [3.63, 3.8) is 0 Å². The molecule has 236 valence electrons. The highest BCUT2D eigenvalue weighted by Crippen LogP contribution is 2.38. The van der Waals surface area contributed by atoms with Gasteiger partial charge in [-0.1, -0.05) is 24.3 Å². The Morgan fingerprint density at radius 1 is 1.06 bits per heavy atom. The van der Waals surface area contributed by atoms with E-state index in [2.05, 4.69) is 27.0 Å². The quantitative estimate of drug-likeness (QED) is 0.233. The zero-order chi connectivity index (χ0) is 32.7. The van der Waals surface area contributed by atoms with Crippen LogP contribution < -0.4 is 10.3 Å². The van der Waals surface area contributed by atoms with Gasteiger partial charge in [0.15, 0.2) is 11.1 Å². The summed E-state index contributed by atoms with van der Waals surface area (Å²) in [4.78, 5) is 28.9. The van der Waals surface area contributed by atoms with Gasteiger partial charge in [0.1, 0.15) is 22.9 Å². The monoisotopic (exact) mass is 628 g/mol. The predicted octanol–water partition coefficient (Wildman–Crippen LogP) is 5.11. The van der Waals surface area contributed by atoms with Crippen molar-refractivity contribution >= 4 is 22.0 Å². The number of rotatable bonds is 8. The van der Waals surface area contributed by atoms with Crippen LogP contribution >= 0.6 is 0 Å². The van der Waals surface area contributed by atoms with Crippen molar-refractivity contribution in [2.24, 2.45) is 0 Å². The average Bonchev–Trinajstić information content (AvgIpc) is 3.70. The van der Waals surface area contributed by atoms with Crippen molar-refractivity contribution in [1.82, 2.24) is 24.4 Å². The lowest BCUT2D eigenvalue weighted by atomic mass is 9.93. The molecule has 1 aliphatic rings. The number of hydrogen-bond donors (Lipinski definition) is 2. The van der Waals surface area contributed by atoms with E-state index in [0.29, 0.717) is 29.3 Å². The normalized spacial score (nSPS) is 15.0. The lowest BCUT2D eigenvalue weighted by molar-refractivity contribution is 0.175. The molecule has 1 saturated heterocycles. The molecule has 4 aromatic heterocycles. The van der Waals surface area contributed by atoms with E-state index in [-0.39, 0.29) is 41.8 Å². The Hall–Kier alpha value is -5.41. The molecule has 1 fully saturated rings. The number of nitriles is 1. The highest BCUT2D eigenvalue weighted by Gasteiger charge is 2.22. The summed E-state index contributed by atoms with van der Waals surface area (Å²) in [5.74, 6) is 1.27. The van der Waals surface area contributed by atoms with Crippen molar-refractivity contribution in [3.8, 4) is 40.3 Å². The zero-order valence-electron chi connectivity index (χ0n) is 26.0. The molecule has 0 aliphatic carbocycles. The van der Waals surface area contributed by atoms with Gasteiger partial charge in [0, 0.05) is 55.7 Å². The molecule has 1 atom stereocenters. The summed E-state index contributed by atoms with van der Waals surface area (Å²) in [5, 5.41) is 29.9. The molecular weight excluding hydrogens is 596 g/mol. The lowest BCUT2D eigenvalue weighted by Crippen LogP contribution is -2.22. The Kier molecular flexibility index (Phi) is 7.99. The van der Waals surface area contributed by atoms with Gasteiger partial charge in [-0.25, -0.2) is 9.97 Å². The van der Waals surface area contributed by atoms with Crippen molar-refractivity contribution in [1.29, 1.82) is 5.26 Å². The van der Waals surface area contributed by atoms with Crippen LogP contribution in [0.3, 0.4) is 0 Å². The molecule has 11 nitrogen and oxygen atoms in total. The summed E-state index contributed by atoms with van der Waals surface area (Å²) in [6, 6.07) is 17.7. The first-order valence-electron chi connectivity index (χ1n) is 15.4. The van der Waals surface area contributed by atoms with Crippen LogP contribution in [0.5, 0.6) is 11.6 Å². The molecule has 0 unspecified atom stereocenters. The van der Waals surface area contributed by atoms with Crippen LogP contribution in [0.25, 0.3) is 44.6 Å². The van der Waals surface area contributed by atoms with Crippen molar-refractivity contribution < 1.29 is 19.4 Å². The number of β-amino-alcohol motifs (C(OH)–C–C–N with tert-alkyl or cyclic N) is 1. The largest absolute Gasteiger partial charge is 0.437 e. The Morgan fingerprint density at radius 2 is 1.85 bits per heavy atom. The van der Waals surface area contributed by atoms with Gasteiger partial charge in [-0.05, 0) is 72.4 Å². The maximum atomic E-state index is 13.0. The Balaban J connectivity index is 1.22. The third-order valence-corrected chi connectivity index (χ3v) is 8.70. The summed E-state index contributed by atoms with van der Waals surface area (Å²) in [6.45, 7) is 6.01. The minimum atomic E-state index is -0.434. The van der Waals surface area contributed by atoms with Crippen LogP contribution in [0.1, 0.15) is 28.7 Å². The van der Waals surface area contributed by atoms with Crippen molar-refractivity contribution in [3.05, 3.63) is 99.7 Å². The van der Waals surface area contributed by atoms with Gasteiger partial charge >= 0.3 is 0 Å². The minimum Gasteiger partial charge on any atom is -0.437 e. The third-order valence-electron chi connectivity index (χ3n) is 8.70. The van der Waals surface area contributed by atoms with Gasteiger partial charge in [0.05, 0.1) is 12.7 Å². The molecule has 7 rings (SSSR count). The van der Waals surface area contributed by atoms with Gasteiger partial charge in [0.2, 0.25) is 11.8 Å². The number of aromatic nitrogens is 4. The van der Waals surface area contributed by atoms with Gasteiger partial charge in [-0.15, -0.1) is 0 Å². The Bertz CT molecular complexity index is 2250. The smallest absolute Gasteiger partial charge is 0.280 e. The third kappa shape index (κ3) is 5.63. The van der Waals surface area contributed by atoms with E-state index >= 15 is 0 Å². The van der Waals surface area contributed by atoms with Gasteiger partial charge in [-0.2, -0.15) is 5.26 Å². The van der Waals surface area contributed by atoms with Crippen LogP contribution in [-0.4, -0.2) is 60.4 Å². The van der Waals surface area contributed by atoms with E-state index in [0.717, 1.165) is 52.7 Å². The molecule has 0 bridgehead atoms. The van der Waals surface area contributed by atoms with E-state index in [1.165, 1.54) is 10.8 Å². The number of hydrogen-bond acceptors (Lipinski definition) is 10. The summed E-state index contributed by atoms with van der Waals surface area (Å²) in [7, 11) is 0. The SMILES string of the molecule is Cc1c(Oc2nccc3cc(CN4CC[C@@H](O)C4)cnc23)cccc1-c1cccc(-c2nc3c(=O)n(CCO)cc(C#N)c3o2)c1C. The van der Waals surface area contributed by atoms with E-state index in [4.69, 9.17) is 14.1 Å². The van der Waals surface area contributed by atoms with E-state index < -0.39 is 5.56 Å². The fourth-order valence-corrected chi connectivity index (χ4v) is 6.26. The molecule has 11 heteroatoms. The van der Waals surface area contributed by atoms with Crippen LogP contribution in [0.4, 0.5) is 0 Å². The maximum Gasteiger partial charge on any atom is 0.280 e. The number of ether oxygens (including phenoxy) is 1. The first-order chi connectivity index (χ1) is 22.8. The molecule has 0 spiro atoms. The summed E-state index contributed by atoms with van der Waals surface area (Å²) >= 11 is 0. The number of nitrogens with zero attached hydrogens (tertiary/aromatic N) is 6. The number of pyridine rings is 3. The highest BCUT2D eigenvalue weighted by atomic mass is 16.5. The number of aliphatic hydroxyl groups is 2. The fourth-order valence-electron chi connectivity index (χ4n) is 6.26. The van der Waals surface area contributed by atoms with Gasteiger partial charge in [-0.3, -0.25) is 14.7 Å². The van der Waals surface area contributed by atoms with Crippen LogP contribution in [0.15, 0.2) is 76.3 Å². The zero-order valence-corrected chi connectivity index (χ0v) is 26.0. The molecule has 2 N–H and O–H groups in total. The predicted molar refractivity (Wildman–Crippen MR) is 176 cm³/mol. The average molecular weight is 629 g/mol. The molecule has 6 aromatic rings. The maximum absolute atomic E-state index is 13.0. The summed E-state index contributed by atoms with van der Waals surface area (Å²) in [6.07, 6.45) is 5.46. The molecule has 1 aliphatic heterocycles. The number of aliphatic hydroxyl groups excluding tert-OH is 2. The summed E-state index contributed by atoms with van der Waals surface area (Å²) < 4.78 is 13.7. The number of oxazole rings is 1. The first kappa shape index (κ1) is 30.3. The van der Waals surface area contributed by atoms with Gasteiger partial charge in [0.25, 0.3) is 5.56 Å². The fraction of sp³-hybridized carbons (Fsp3) is 0.250. The van der Waals surface area contributed by atoms with Crippen LogP contribution in [0.2, 0.25) is 0 Å². The van der Waals surface area contributed by atoms with Gasteiger partial charge < -0.3 is 23.9 Å². The molecule has 0 saturated carbocycles. The molecule has 5 heterocycles. The second-order valence-electron chi connectivity index (χ2n) is 11.8. The van der Waals surface area contributed by atoms with Crippen LogP contribution in [-0.2, 0) is 13.1 Å². The molecule has 47 heavy (non-hydrogen) atoms. The standard InChI is InChI=1S/C36H32N6O5/c1-21-27(5-3-7-29(21)34-40-32-33(47-34)25(16-37)19-42(13-14-43)36(32)45)28-6-4-8-30(22(28)2)46-35-31-24(9-11-38-35)15-23(17-39-31)18-41-12-10-26(44)20-41/h3-9,11,15,17,19,26,43-44H,10,12-14,18,20H2,1-2H3/t26-/m1/s1.